The van der Waals surface area contributed by atoms with Gasteiger partial charge in [0.2, 0.25) is 5.88 Å². The quantitative estimate of drug-likeness (QED) is 0.475. The Kier molecular flexibility index (Phi) is 4.57. The van der Waals surface area contributed by atoms with E-state index in [0.29, 0.717) is 35.5 Å². The molecule has 4 rings (SSSR count). The fraction of sp³-hybridized carbons (Fsp3) is 0.211. The number of nitrogens with zero attached hydrogens (tertiary/aromatic N) is 4. The van der Waals surface area contributed by atoms with Crippen molar-refractivity contribution in [3.63, 3.8) is 0 Å². The lowest BCUT2D eigenvalue weighted by Crippen LogP contribution is -2.02. The van der Waals surface area contributed by atoms with Crippen LogP contribution in [0.3, 0.4) is 0 Å². The molecular weight excluding hydrogens is 412 g/mol. The van der Waals surface area contributed by atoms with Gasteiger partial charge in [0.05, 0.1) is 25.3 Å². The van der Waals surface area contributed by atoms with Crippen LogP contribution < -0.4 is 14.2 Å². The van der Waals surface area contributed by atoms with Gasteiger partial charge in [0.25, 0.3) is 0 Å². The van der Waals surface area contributed by atoms with E-state index in [0.717, 1.165) is 20.8 Å². The number of rotatable bonds is 5. The summed E-state index contributed by atoms with van der Waals surface area (Å²) in [5.41, 5.74) is 1.45. The van der Waals surface area contributed by atoms with E-state index < -0.39 is 0 Å². The number of benzene rings is 2. The first kappa shape index (κ1) is 17.5. The normalized spacial score (nSPS) is 11.1. The molecular formula is C19H17BrN4O3. The van der Waals surface area contributed by atoms with Gasteiger partial charge in [-0.25, -0.2) is 0 Å². The lowest BCUT2D eigenvalue weighted by Gasteiger charge is -2.12. The van der Waals surface area contributed by atoms with E-state index in [2.05, 4.69) is 31.2 Å². The second-order valence-electron chi connectivity index (χ2n) is 5.74. The molecule has 2 heterocycles. The van der Waals surface area contributed by atoms with Gasteiger partial charge in [-0.15, -0.1) is 15.3 Å². The van der Waals surface area contributed by atoms with Gasteiger partial charge < -0.3 is 14.2 Å². The third-order valence-electron chi connectivity index (χ3n) is 4.20. The molecule has 2 aromatic heterocycles. The van der Waals surface area contributed by atoms with Gasteiger partial charge in [-0.1, -0.05) is 18.2 Å². The molecule has 0 aliphatic rings. The maximum Gasteiger partial charge on any atom is 0.239 e. The molecule has 0 radical (unpaired) electrons. The van der Waals surface area contributed by atoms with Crippen molar-refractivity contribution in [3.8, 4) is 28.8 Å². The van der Waals surface area contributed by atoms with Crippen LogP contribution in [0, 0.1) is 0 Å². The first-order valence-electron chi connectivity index (χ1n) is 8.36. The fourth-order valence-electron chi connectivity index (χ4n) is 3.02. The molecule has 8 heteroatoms. The second-order valence-corrected chi connectivity index (χ2v) is 6.59. The third-order valence-corrected chi connectivity index (χ3v) is 4.79. The van der Waals surface area contributed by atoms with Crippen LogP contribution >= 0.6 is 15.9 Å². The molecule has 4 aromatic rings. The van der Waals surface area contributed by atoms with E-state index in [-0.39, 0.29) is 0 Å². The molecule has 0 saturated carbocycles. The lowest BCUT2D eigenvalue weighted by molar-refractivity contribution is 0.326. The standard InChI is InChI=1S/C19H17BrN4O3/c1-4-27-19-13-8-6-5-7-12(13)18-22-21-17(24(18)23-19)11-9-14(20)16(26-3)15(10-11)25-2/h5-10H,4H2,1-3H3. The highest BCUT2D eigenvalue weighted by atomic mass is 79.9. The van der Waals surface area contributed by atoms with Crippen LogP contribution in [0.15, 0.2) is 40.9 Å². The summed E-state index contributed by atoms with van der Waals surface area (Å²) in [6.07, 6.45) is 0. The number of halogens is 1. The lowest BCUT2D eigenvalue weighted by atomic mass is 10.1. The molecule has 2 aromatic carbocycles. The summed E-state index contributed by atoms with van der Waals surface area (Å²) in [5, 5.41) is 15.2. The number of ether oxygens (including phenoxy) is 3. The maximum atomic E-state index is 5.75. The second kappa shape index (κ2) is 7.03. The average Bonchev–Trinajstić information content (AvgIpc) is 3.11. The first-order valence-corrected chi connectivity index (χ1v) is 9.16. The highest BCUT2D eigenvalue weighted by Crippen LogP contribution is 2.39. The van der Waals surface area contributed by atoms with Gasteiger partial charge in [-0.3, -0.25) is 0 Å². The van der Waals surface area contributed by atoms with E-state index in [4.69, 9.17) is 14.2 Å². The van der Waals surface area contributed by atoms with E-state index in [9.17, 15) is 0 Å². The van der Waals surface area contributed by atoms with E-state index in [1.807, 2.05) is 43.3 Å². The summed E-state index contributed by atoms with van der Waals surface area (Å²) in [4.78, 5) is 0. The zero-order valence-corrected chi connectivity index (χ0v) is 16.6. The minimum absolute atomic E-state index is 0.516. The molecule has 0 N–H and O–H groups in total. The van der Waals surface area contributed by atoms with Crippen molar-refractivity contribution in [2.75, 3.05) is 20.8 Å². The third kappa shape index (κ3) is 2.86. The summed E-state index contributed by atoms with van der Waals surface area (Å²) in [5.74, 6) is 2.33. The SMILES string of the molecule is CCOc1nn2c(-c3cc(Br)c(OC)c(OC)c3)nnc2c2ccccc12. The van der Waals surface area contributed by atoms with Gasteiger partial charge in [-0.2, -0.15) is 4.52 Å². The van der Waals surface area contributed by atoms with Crippen LogP contribution in [0.4, 0.5) is 0 Å². The highest BCUT2D eigenvalue weighted by Gasteiger charge is 2.19. The maximum absolute atomic E-state index is 5.75. The zero-order chi connectivity index (χ0) is 19.0. The van der Waals surface area contributed by atoms with E-state index >= 15 is 0 Å². The van der Waals surface area contributed by atoms with Crippen LogP contribution in [-0.4, -0.2) is 40.6 Å². The van der Waals surface area contributed by atoms with Gasteiger partial charge in [-0.05, 0) is 41.1 Å². The van der Waals surface area contributed by atoms with Gasteiger partial charge in [0.1, 0.15) is 0 Å². The molecule has 0 amide bonds. The number of hydrogen-bond acceptors (Lipinski definition) is 6. The molecule has 0 aliphatic heterocycles. The Morgan fingerprint density at radius 1 is 1.04 bits per heavy atom. The van der Waals surface area contributed by atoms with Crippen molar-refractivity contribution in [2.24, 2.45) is 0 Å². The number of aromatic nitrogens is 4. The first-order chi connectivity index (χ1) is 13.2. The largest absolute Gasteiger partial charge is 0.493 e. The molecule has 0 aliphatic carbocycles. The number of hydrogen-bond donors (Lipinski definition) is 0. The Hall–Kier alpha value is -2.87. The minimum atomic E-state index is 0.516. The van der Waals surface area contributed by atoms with Gasteiger partial charge in [0.15, 0.2) is 23.0 Å². The molecule has 0 unspecified atom stereocenters. The van der Waals surface area contributed by atoms with Crippen molar-refractivity contribution in [2.45, 2.75) is 6.92 Å². The van der Waals surface area contributed by atoms with Crippen LogP contribution in [-0.2, 0) is 0 Å². The van der Waals surface area contributed by atoms with Crippen LogP contribution in [0.2, 0.25) is 0 Å². The Morgan fingerprint density at radius 3 is 2.52 bits per heavy atom. The molecule has 0 saturated heterocycles. The minimum Gasteiger partial charge on any atom is -0.493 e. The van der Waals surface area contributed by atoms with Crippen LogP contribution in [0.5, 0.6) is 17.4 Å². The van der Waals surface area contributed by atoms with Gasteiger partial charge in [0, 0.05) is 16.3 Å². The van der Waals surface area contributed by atoms with Gasteiger partial charge >= 0.3 is 0 Å². The average molecular weight is 429 g/mol. The number of methoxy groups -OCH3 is 2. The van der Waals surface area contributed by atoms with Crippen molar-refractivity contribution < 1.29 is 14.2 Å². The Bertz CT molecular complexity index is 1140. The predicted molar refractivity (Wildman–Crippen MR) is 106 cm³/mol. The Labute approximate surface area is 164 Å². The highest BCUT2D eigenvalue weighted by molar-refractivity contribution is 9.10. The smallest absolute Gasteiger partial charge is 0.239 e. The molecule has 0 spiro atoms. The summed E-state index contributed by atoms with van der Waals surface area (Å²) < 4.78 is 19.0. The van der Waals surface area contributed by atoms with E-state index in [1.165, 1.54) is 0 Å². The molecule has 138 valence electrons. The molecule has 0 atom stereocenters. The van der Waals surface area contributed by atoms with Crippen molar-refractivity contribution in [3.05, 3.63) is 40.9 Å². The number of fused-ring (bicyclic) bond motifs is 3. The molecule has 27 heavy (non-hydrogen) atoms. The Balaban J connectivity index is 2.00. The molecule has 7 nitrogen and oxygen atoms in total. The van der Waals surface area contributed by atoms with Crippen LogP contribution in [0.1, 0.15) is 6.92 Å². The predicted octanol–water partition coefficient (Wildman–Crippen LogP) is 4.12. The topological polar surface area (TPSA) is 70.8 Å². The fourth-order valence-corrected chi connectivity index (χ4v) is 3.63. The Morgan fingerprint density at radius 2 is 1.81 bits per heavy atom. The summed E-state index contributed by atoms with van der Waals surface area (Å²) >= 11 is 3.52. The van der Waals surface area contributed by atoms with Crippen molar-refractivity contribution >= 4 is 32.3 Å². The summed E-state index contributed by atoms with van der Waals surface area (Å²) in [6.45, 7) is 2.45. The molecule has 0 fully saturated rings. The summed E-state index contributed by atoms with van der Waals surface area (Å²) in [7, 11) is 3.19. The van der Waals surface area contributed by atoms with Crippen LogP contribution in [0.25, 0.3) is 27.8 Å². The van der Waals surface area contributed by atoms with E-state index in [1.54, 1.807) is 18.7 Å². The monoisotopic (exact) mass is 428 g/mol. The molecule has 0 bridgehead atoms. The van der Waals surface area contributed by atoms with Crippen molar-refractivity contribution in [1.29, 1.82) is 0 Å². The van der Waals surface area contributed by atoms with Crippen molar-refractivity contribution in [1.82, 2.24) is 19.8 Å². The summed E-state index contributed by atoms with van der Waals surface area (Å²) in [6, 6.07) is 11.6. The zero-order valence-electron chi connectivity index (χ0n) is 15.1.